The summed E-state index contributed by atoms with van der Waals surface area (Å²) < 4.78 is 53.7. The van der Waals surface area contributed by atoms with E-state index in [1.807, 2.05) is 81.4 Å². The Morgan fingerprint density at radius 1 is 0.755 bits per heavy atom. The number of para-hydroxylation sites is 1. The van der Waals surface area contributed by atoms with Crippen LogP contribution in [0.15, 0.2) is 120 Å². The van der Waals surface area contributed by atoms with E-state index in [2.05, 4.69) is 41.7 Å². The van der Waals surface area contributed by atoms with Gasteiger partial charge in [0, 0.05) is 49.2 Å². The summed E-state index contributed by atoms with van der Waals surface area (Å²) >= 11 is 0. The number of furan rings is 1. The Morgan fingerprint density at radius 3 is 2.18 bits per heavy atom. The van der Waals surface area contributed by atoms with Gasteiger partial charge in [-0.15, -0.1) is 53.6 Å². The van der Waals surface area contributed by atoms with Crippen LogP contribution in [0.4, 0.5) is 4.39 Å². The summed E-state index contributed by atoms with van der Waals surface area (Å²) in [6, 6.07) is 36.7. The van der Waals surface area contributed by atoms with Crippen molar-refractivity contribution < 1.29 is 34.4 Å². The Labute approximate surface area is 309 Å². The molecule has 7 aromatic rings. The van der Waals surface area contributed by atoms with E-state index in [0.717, 1.165) is 32.7 Å². The molecular weight excluding hydrogens is 800 g/mol. The molecule has 3 heterocycles. The molecule has 49 heavy (non-hydrogen) atoms. The minimum absolute atomic E-state index is 0. The van der Waals surface area contributed by atoms with Crippen molar-refractivity contribution in [2.45, 2.75) is 53.2 Å². The van der Waals surface area contributed by atoms with Crippen LogP contribution in [0.5, 0.6) is 0 Å². The number of fused-ring (bicyclic) bond motifs is 3. The van der Waals surface area contributed by atoms with E-state index in [1.165, 1.54) is 12.1 Å². The summed E-state index contributed by atoms with van der Waals surface area (Å²) in [5, 5.41) is 3.05. The number of aromatic nitrogens is 2. The van der Waals surface area contributed by atoms with Crippen LogP contribution in [0.3, 0.4) is 0 Å². The molecule has 0 saturated carbocycles. The normalized spacial score (nSPS) is 13.4. The average molecular weight is 845 g/mol. The number of hydrogen-bond donors (Lipinski definition) is 0. The third kappa shape index (κ3) is 9.07. The first-order valence-electron chi connectivity index (χ1n) is 18.0. The molecule has 6 heteroatoms. The Bertz CT molecular complexity index is 2350. The standard InChI is InChI=1S/C22H20NO.C21H21FNSi.Ir/c1-22(2,3)14-15-10-11-23-19(12-15)16-8-9-21-18(13-16)17-6-4-5-7-20(17)24-21;1-24(2,3)21-15-23-20(17-9-11-19(22)12-10-17)14-18(21)13-16-7-5-4-6-8-16;/h4-7,9-13H,14H2,1-3H3;4-9,11-12,14-15H,13H2,1-3H3;/q2*-1;/i14D2;13D2;. The van der Waals surface area contributed by atoms with E-state index < -0.39 is 26.2 Å². The molecular formula is C43H41FIrN2OSi-2. The van der Waals surface area contributed by atoms with Gasteiger partial charge >= 0.3 is 0 Å². The van der Waals surface area contributed by atoms with Crippen LogP contribution in [-0.2, 0) is 32.9 Å². The van der Waals surface area contributed by atoms with E-state index in [-0.39, 0.29) is 25.9 Å². The molecule has 251 valence electrons. The van der Waals surface area contributed by atoms with Crippen molar-refractivity contribution in [3.63, 3.8) is 0 Å². The molecule has 0 bridgehead atoms. The molecule has 3 aromatic heterocycles. The monoisotopic (exact) mass is 845 g/mol. The van der Waals surface area contributed by atoms with E-state index >= 15 is 0 Å². The zero-order valence-electron chi connectivity index (χ0n) is 32.5. The van der Waals surface area contributed by atoms with Crippen LogP contribution >= 0.6 is 0 Å². The fraction of sp³-hybridized carbons (Fsp3) is 0.209. The summed E-state index contributed by atoms with van der Waals surface area (Å²) in [5.74, 6) is -0.354. The summed E-state index contributed by atoms with van der Waals surface area (Å²) in [6.07, 6.45) is 0.348. The maximum absolute atomic E-state index is 13.2. The van der Waals surface area contributed by atoms with E-state index in [9.17, 15) is 4.39 Å². The Kier molecular flexibility index (Phi) is 9.51. The fourth-order valence-corrected chi connectivity index (χ4v) is 6.85. The Hall–Kier alpha value is -4.22. The van der Waals surface area contributed by atoms with Crippen molar-refractivity contribution >= 4 is 35.2 Å². The summed E-state index contributed by atoms with van der Waals surface area (Å²) in [5.41, 5.74) is 5.78. The molecule has 0 saturated heterocycles. The van der Waals surface area contributed by atoms with Crippen molar-refractivity contribution in [3.8, 4) is 22.5 Å². The molecule has 0 spiro atoms. The quantitative estimate of drug-likeness (QED) is 0.124. The van der Waals surface area contributed by atoms with Crippen molar-refractivity contribution in [1.29, 1.82) is 0 Å². The fourth-order valence-electron chi connectivity index (χ4n) is 5.45. The first-order chi connectivity index (χ1) is 24.5. The van der Waals surface area contributed by atoms with Crippen molar-refractivity contribution in [1.82, 2.24) is 9.97 Å². The molecule has 0 unspecified atom stereocenters. The molecule has 3 nitrogen and oxygen atoms in total. The second-order valence-electron chi connectivity index (χ2n) is 13.8. The van der Waals surface area contributed by atoms with Gasteiger partial charge in [0.05, 0.1) is 13.7 Å². The van der Waals surface area contributed by atoms with Gasteiger partial charge in [-0.2, -0.15) is 0 Å². The van der Waals surface area contributed by atoms with Gasteiger partial charge in [-0.25, -0.2) is 0 Å². The second kappa shape index (κ2) is 15.1. The third-order valence-electron chi connectivity index (χ3n) is 7.68. The minimum Gasteiger partial charge on any atom is -0.500 e. The third-order valence-corrected chi connectivity index (χ3v) is 9.70. The number of rotatable bonds is 6. The smallest absolute Gasteiger partial charge is 0.120 e. The maximum atomic E-state index is 13.2. The number of pyridine rings is 2. The molecule has 4 aromatic carbocycles. The van der Waals surface area contributed by atoms with Gasteiger partial charge in [0.25, 0.3) is 0 Å². The predicted molar refractivity (Wildman–Crippen MR) is 200 cm³/mol. The number of hydrogen-bond acceptors (Lipinski definition) is 3. The van der Waals surface area contributed by atoms with Gasteiger partial charge < -0.3 is 14.4 Å². The molecule has 0 amide bonds. The van der Waals surface area contributed by atoms with Crippen molar-refractivity contribution in [2.75, 3.05) is 0 Å². The Morgan fingerprint density at radius 2 is 1.47 bits per heavy atom. The molecule has 0 fully saturated rings. The van der Waals surface area contributed by atoms with Crippen LogP contribution < -0.4 is 5.19 Å². The van der Waals surface area contributed by atoms with Crippen LogP contribution in [0.1, 0.15) is 42.9 Å². The Balaban J connectivity index is 0.000000201. The summed E-state index contributed by atoms with van der Waals surface area (Å²) in [6.45, 7) is 12.3. The molecule has 1 radical (unpaired) electrons. The maximum Gasteiger partial charge on any atom is 0.120 e. The molecule has 0 atom stereocenters. The van der Waals surface area contributed by atoms with E-state index in [0.29, 0.717) is 33.6 Å². The minimum atomic E-state index is -1.83. The van der Waals surface area contributed by atoms with Gasteiger partial charge in [-0.05, 0) is 52.4 Å². The summed E-state index contributed by atoms with van der Waals surface area (Å²) in [4.78, 5) is 8.98. The van der Waals surface area contributed by atoms with Crippen LogP contribution in [0.2, 0.25) is 19.6 Å². The number of halogens is 1. The zero-order valence-corrected chi connectivity index (χ0v) is 31.9. The van der Waals surface area contributed by atoms with Gasteiger partial charge in [-0.1, -0.05) is 118 Å². The van der Waals surface area contributed by atoms with Crippen molar-refractivity contribution in [2.24, 2.45) is 5.41 Å². The van der Waals surface area contributed by atoms with Crippen molar-refractivity contribution in [3.05, 3.63) is 150 Å². The van der Waals surface area contributed by atoms with Crippen LogP contribution in [-0.4, -0.2) is 18.0 Å². The van der Waals surface area contributed by atoms with Gasteiger partial charge in [0.15, 0.2) is 0 Å². The van der Waals surface area contributed by atoms with E-state index in [1.54, 1.807) is 42.7 Å². The number of nitrogens with zero attached hydrogens (tertiary/aromatic N) is 2. The van der Waals surface area contributed by atoms with Gasteiger partial charge in [0.2, 0.25) is 0 Å². The topological polar surface area (TPSA) is 38.9 Å². The first-order valence-corrected chi connectivity index (χ1v) is 19.5. The summed E-state index contributed by atoms with van der Waals surface area (Å²) in [7, 11) is -1.83. The molecule has 0 aliphatic rings. The van der Waals surface area contributed by atoms with E-state index in [4.69, 9.17) is 9.90 Å². The van der Waals surface area contributed by atoms with Crippen LogP contribution in [0, 0.1) is 23.4 Å². The molecule has 0 aliphatic heterocycles. The molecule has 0 N–H and O–H groups in total. The zero-order chi connectivity index (χ0) is 37.5. The number of benzene rings is 4. The first kappa shape index (κ1) is 30.8. The molecule has 0 aliphatic carbocycles. The molecule has 7 rings (SSSR count). The largest absolute Gasteiger partial charge is 0.500 e. The average Bonchev–Trinajstić information content (AvgIpc) is 3.49. The van der Waals surface area contributed by atoms with Gasteiger partial charge in [-0.3, -0.25) is 4.39 Å². The second-order valence-corrected chi connectivity index (χ2v) is 18.8. The van der Waals surface area contributed by atoms with Gasteiger partial charge in [0.1, 0.15) is 5.58 Å². The predicted octanol–water partition coefficient (Wildman–Crippen LogP) is 10.9. The van der Waals surface area contributed by atoms with Crippen LogP contribution in [0.25, 0.3) is 44.5 Å². The SMILES string of the molecule is [2H]C([2H])(c1ccccc1)c1cc(-c2[c-]cc(F)cc2)ncc1[Si](C)(C)C.[2H]C([2H])(c1ccnc(-c2[c-]cc3oc4ccccc4c3c2)c1)C(C)(C)C.[Ir].